The number of piperidine rings is 1. The number of nitrogens with zero attached hydrogens (tertiary/aromatic N) is 2. The zero-order chi connectivity index (χ0) is 22.0. The van der Waals surface area contributed by atoms with Gasteiger partial charge < -0.3 is 9.47 Å². The largest absolute Gasteiger partial charge is 0.493 e. The van der Waals surface area contributed by atoms with Crippen molar-refractivity contribution in [3.8, 4) is 22.6 Å². The van der Waals surface area contributed by atoms with Gasteiger partial charge in [-0.2, -0.15) is 5.10 Å². The fraction of sp³-hybridized carbons (Fsp3) is 0.348. The molecule has 2 heterocycles. The van der Waals surface area contributed by atoms with Crippen LogP contribution < -0.4 is 9.47 Å². The van der Waals surface area contributed by atoms with E-state index in [1.807, 2.05) is 6.07 Å². The highest BCUT2D eigenvalue weighted by atomic mass is 35.5. The van der Waals surface area contributed by atoms with Crippen LogP contribution in [0.4, 0.5) is 8.78 Å². The Bertz CT molecular complexity index is 1050. The van der Waals surface area contributed by atoms with Gasteiger partial charge in [0.2, 0.25) is 0 Å². The van der Waals surface area contributed by atoms with E-state index in [1.165, 1.54) is 24.4 Å². The van der Waals surface area contributed by atoms with E-state index in [0.717, 1.165) is 37.2 Å². The molecule has 1 aliphatic rings. The molecule has 1 aliphatic heterocycles. The molecular formula is C23H24ClF2N3O2. The fourth-order valence-electron chi connectivity index (χ4n) is 4.25. The minimum Gasteiger partial charge on any atom is -0.493 e. The second kappa shape index (κ2) is 9.24. The van der Waals surface area contributed by atoms with Gasteiger partial charge in [-0.15, -0.1) is 0 Å². The minimum atomic E-state index is -0.590. The van der Waals surface area contributed by atoms with Crippen molar-refractivity contribution < 1.29 is 18.3 Å². The van der Waals surface area contributed by atoms with Gasteiger partial charge in [0.15, 0.2) is 11.5 Å². The lowest BCUT2D eigenvalue weighted by Gasteiger charge is -2.33. The molecule has 1 saturated heterocycles. The molecule has 1 aromatic heterocycles. The quantitative estimate of drug-likeness (QED) is 0.549. The number of aromatic amines is 1. The molecule has 4 rings (SSSR count). The van der Waals surface area contributed by atoms with Gasteiger partial charge in [0.05, 0.1) is 26.0 Å². The fourth-order valence-corrected chi connectivity index (χ4v) is 4.47. The number of rotatable bonds is 6. The average Bonchev–Trinajstić information content (AvgIpc) is 3.24. The molecule has 31 heavy (non-hydrogen) atoms. The maximum Gasteiger partial charge on any atom is 0.162 e. The monoisotopic (exact) mass is 447 g/mol. The molecule has 8 heteroatoms. The molecule has 1 atom stereocenters. The summed E-state index contributed by atoms with van der Waals surface area (Å²) in [4.78, 5) is 2.28. The lowest BCUT2D eigenvalue weighted by atomic mass is 9.90. The van der Waals surface area contributed by atoms with Crippen molar-refractivity contribution in [3.63, 3.8) is 0 Å². The van der Waals surface area contributed by atoms with Crippen LogP contribution in [0.1, 0.15) is 30.0 Å². The van der Waals surface area contributed by atoms with Crippen molar-refractivity contribution in [1.82, 2.24) is 15.1 Å². The summed E-state index contributed by atoms with van der Waals surface area (Å²) in [6.45, 7) is 2.25. The molecule has 2 aromatic carbocycles. The number of likely N-dealkylation sites (tertiary alicyclic amines) is 1. The van der Waals surface area contributed by atoms with Crippen LogP contribution in [-0.4, -0.2) is 42.4 Å². The summed E-state index contributed by atoms with van der Waals surface area (Å²) in [5, 5.41) is 7.68. The SMILES string of the molecule is COc1cc(Cl)c(CN2CCCC(c3[nH]ncc3-c3c(F)cccc3F)C2)cc1OC. The molecule has 0 amide bonds. The Hall–Kier alpha value is -2.64. The summed E-state index contributed by atoms with van der Waals surface area (Å²) in [5.74, 6) is 0.104. The predicted octanol–water partition coefficient (Wildman–Crippen LogP) is 5.41. The third-order valence-corrected chi connectivity index (χ3v) is 6.11. The van der Waals surface area contributed by atoms with Gasteiger partial charge in [0, 0.05) is 41.4 Å². The number of halogens is 3. The van der Waals surface area contributed by atoms with Gasteiger partial charge in [-0.25, -0.2) is 8.78 Å². The highest BCUT2D eigenvalue weighted by Gasteiger charge is 2.27. The Morgan fingerprint density at radius 1 is 1.16 bits per heavy atom. The first kappa shape index (κ1) is 21.6. The van der Waals surface area contributed by atoms with Gasteiger partial charge in [0.1, 0.15) is 11.6 Å². The Morgan fingerprint density at radius 2 is 1.87 bits per heavy atom. The van der Waals surface area contributed by atoms with Gasteiger partial charge in [-0.05, 0) is 43.1 Å². The van der Waals surface area contributed by atoms with Crippen molar-refractivity contribution in [2.24, 2.45) is 0 Å². The second-order valence-electron chi connectivity index (χ2n) is 7.67. The van der Waals surface area contributed by atoms with Crippen molar-refractivity contribution in [3.05, 3.63) is 64.4 Å². The zero-order valence-electron chi connectivity index (χ0n) is 17.4. The van der Waals surface area contributed by atoms with Crippen LogP contribution in [-0.2, 0) is 6.54 Å². The molecule has 164 valence electrons. The van der Waals surface area contributed by atoms with Crippen LogP contribution in [0.25, 0.3) is 11.1 Å². The van der Waals surface area contributed by atoms with Crippen LogP contribution in [0.5, 0.6) is 11.5 Å². The first-order chi connectivity index (χ1) is 15.0. The number of hydrogen-bond acceptors (Lipinski definition) is 4. The minimum absolute atomic E-state index is 0.0358. The van der Waals surface area contributed by atoms with E-state index in [4.69, 9.17) is 21.1 Å². The van der Waals surface area contributed by atoms with Gasteiger partial charge >= 0.3 is 0 Å². The molecule has 3 aromatic rings. The smallest absolute Gasteiger partial charge is 0.162 e. The van der Waals surface area contributed by atoms with Crippen molar-refractivity contribution in [2.45, 2.75) is 25.3 Å². The molecule has 0 spiro atoms. The van der Waals surface area contributed by atoms with Crippen molar-refractivity contribution >= 4 is 11.6 Å². The molecule has 0 aliphatic carbocycles. The molecule has 1 unspecified atom stereocenters. The summed E-state index contributed by atoms with van der Waals surface area (Å²) in [5.41, 5.74) is 2.13. The molecule has 0 bridgehead atoms. The number of hydrogen-bond donors (Lipinski definition) is 1. The standard InChI is InChI=1S/C23H24ClF2N3O2/c1-30-20-9-15(17(24)10-21(20)31-2)13-29-8-4-5-14(12-29)23-16(11-27-28-23)22-18(25)6-3-7-19(22)26/h3,6-7,9-11,14H,4-5,8,12-13H2,1-2H3,(H,27,28). The summed E-state index contributed by atoms with van der Waals surface area (Å²) >= 11 is 6.47. The number of methoxy groups -OCH3 is 2. The Balaban J connectivity index is 1.57. The molecule has 5 nitrogen and oxygen atoms in total. The lowest BCUT2D eigenvalue weighted by Crippen LogP contribution is -2.34. The number of nitrogens with one attached hydrogen (secondary N) is 1. The summed E-state index contributed by atoms with van der Waals surface area (Å²) in [7, 11) is 3.16. The van der Waals surface area contributed by atoms with E-state index in [9.17, 15) is 8.78 Å². The van der Waals surface area contributed by atoms with Gasteiger partial charge in [0.25, 0.3) is 0 Å². The highest BCUT2D eigenvalue weighted by Crippen LogP contribution is 2.37. The third-order valence-electron chi connectivity index (χ3n) is 5.76. The first-order valence-electron chi connectivity index (χ1n) is 10.1. The maximum atomic E-state index is 14.4. The number of aromatic nitrogens is 2. The van der Waals surface area contributed by atoms with Crippen LogP contribution in [0.15, 0.2) is 36.5 Å². The molecule has 0 saturated carbocycles. The Kier molecular flexibility index (Phi) is 6.43. The molecule has 0 radical (unpaired) electrons. The summed E-state index contributed by atoms with van der Waals surface area (Å²) in [6, 6.07) is 7.54. The maximum absolute atomic E-state index is 14.4. The first-order valence-corrected chi connectivity index (χ1v) is 10.5. The average molecular weight is 448 g/mol. The van der Waals surface area contributed by atoms with E-state index in [-0.39, 0.29) is 11.5 Å². The van der Waals surface area contributed by atoms with E-state index < -0.39 is 11.6 Å². The van der Waals surface area contributed by atoms with E-state index in [2.05, 4.69) is 15.1 Å². The van der Waals surface area contributed by atoms with Crippen LogP contribution in [0.2, 0.25) is 5.02 Å². The Morgan fingerprint density at radius 3 is 2.58 bits per heavy atom. The second-order valence-corrected chi connectivity index (χ2v) is 8.07. The number of benzene rings is 2. The third kappa shape index (κ3) is 4.38. The van der Waals surface area contributed by atoms with E-state index in [0.29, 0.717) is 28.6 Å². The van der Waals surface area contributed by atoms with E-state index in [1.54, 1.807) is 20.3 Å². The summed E-state index contributed by atoms with van der Waals surface area (Å²) < 4.78 is 39.5. The van der Waals surface area contributed by atoms with Crippen molar-refractivity contribution in [1.29, 1.82) is 0 Å². The van der Waals surface area contributed by atoms with Crippen LogP contribution in [0, 0.1) is 11.6 Å². The molecule has 1 fully saturated rings. The van der Waals surface area contributed by atoms with Gasteiger partial charge in [-0.1, -0.05) is 17.7 Å². The highest BCUT2D eigenvalue weighted by molar-refractivity contribution is 6.31. The topological polar surface area (TPSA) is 50.4 Å². The zero-order valence-corrected chi connectivity index (χ0v) is 18.2. The van der Waals surface area contributed by atoms with Crippen LogP contribution >= 0.6 is 11.6 Å². The summed E-state index contributed by atoms with van der Waals surface area (Å²) in [6.07, 6.45) is 3.36. The molecular weight excluding hydrogens is 424 g/mol. The number of ether oxygens (including phenoxy) is 2. The molecule has 1 N–H and O–H groups in total. The number of H-pyrrole nitrogens is 1. The predicted molar refractivity (Wildman–Crippen MR) is 116 cm³/mol. The lowest BCUT2D eigenvalue weighted by molar-refractivity contribution is 0.198. The van der Waals surface area contributed by atoms with Gasteiger partial charge in [-0.3, -0.25) is 10.00 Å². The van der Waals surface area contributed by atoms with Crippen LogP contribution in [0.3, 0.4) is 0 Å². The Labute approximate surface area is 184 Å². The van der Waals surface area contributed by atoms with E-state index >= 15 is 0 Å². The van der Waals surface area contributed by atoms with Crippen molar-refractivity contribution in [2.75, 3.05) is 27.3 Å². The normalized spacial score (nSPS) is 17.0.